The van der Waals surface area contributed by atoms with E-state index in [1.165, 1.54) is 38.8 Å². The van der Waals surface area contributed by atoms with Crippen LogP contribution in [-0.2, 0) is 0 Å². The summed E-state index contributed by atoms with van der Waals surface area (Å²) in [5.74, 6) is 0. The minimum Gasteiger partial charge on any atom is -0.310 e. The van der Waals surface area contributed by atoms with E-state index in [0.29, 0.717) is 22.9 Å². The Kier molecular flexibility index (Phi) is 4.32. The number of likely N-dealkylation sites (tertiary alicyclic amines) is 1. The highest BCUT2D eigenvalue weighted by molar-refractivity contribution is 4.96. The molecule has 112 valence electrons. The predicted molar refractivity (Wildman–Crippen MR) is 83.5 cm³/mol. The molecule has 0 radical (unpaired) electrons. The van der Waals surface area contributed by atoms with Crippen molar-refractivity contribution >= 4 is 0 Å². The summed E-state index contributed by atoms with van der Waals surface area (Å²) in [6, 6.07) is 2.13. The van der Waals surface area contributed by atoms with Crippen LogP contribution in [0.15, 0.2) is 0 Å². The Morgan fingerprint density at radius 1 is 1.05 bits per heavy atom. The predicted octanol–water partition coefficient (Wildman–Crippen LogP) is 3.66. The molecule has 1 unspecified atom stereocenters. The van der Waals surface area contributed by atoms with E-state index in [9.17, 15) is 0 Å². The molecule has 0 bridgehead atoms. The fourth-order valence-electron chi connectivity index (χ4n) is 4.77. The van der Waals surface area contributed by atoms with E-state index < -0.39 is 0 Å². The summed E-state index contributed by atoms with van der Waals surface area (Å²) < 4.78 is 0. The molecular weight excluding hydrogens is 232 g/mol. The molecule has 2 aliphatic rings. The lowest BCUT2D eigenvalue weighted by Gasteiger charge is -2.48. The van der Waals surface area contributed by atoms with Crippen LogP contribution < -0.4 is 5.32 Å². The molecule has 2 nitrogen and oxygen atoms in total. The van der Waals surface area contributed by atoms with Crippen molar-refractivity contribution in [2.24, 2.45) is 10.8 Å². The molecule has 2 heteroatoms. The second kappa shape index (κ2) is 5.37. The molecule has 0 aromatic carbocycles. The lowest BCUT2D eigenvalue weighted by Crippen LogP contribution is -2.46. The highest BCUT2D eigenvalue weighted by Crippen LogP contribution is 2.47. The van der Waals surface area contributed by atoms with Crippen LogP contribution >= 0.6 is 0 Å². The van der Waals surface area contributed by atoms with Gasteiger partial charge in [0, 0.05) is 31.2 Å². The van der Waals surface area contributed by atoms with Crippen LogP contribution in [0.5, 0.6) is 0 Å². The van der Waals surface area contributed by atoms with Gasteiger partial charge in [0.25, 0.3) is 0 Å². The van der Waals surface area contributed by atoms with Crippen molar-refractivity contribution in [3.63, 3.8) is 0 Å². The molecule has 19 heavy (non-hydrogen) atoms. The van der Waals surface area contributed by atoms with Gasteiger partial charge in [-0.1, -0.05) is 41.5 Å². The summed E-state index contributed by atoms with van der Waals surface area (Å²) in [5.41, 5.74) is 1.02. The minimum atomic E-state index is 0.510. The first-order valence-electron chi connectivity index (χ1n) is 8.17. The monoisotopic (exact) mass is 266 g/mol. The topological polar surface area (TPSA) is 15.3 Å². The van der Waals surface area contributed by atoms with Crippen LogP contribution in [0.25, 0.3) is 0 Å². The van der Waals surface area contributed by atoms with E-state index in [1.54, 1.807) is 0 Å². The average Bonchev–Trinajstić information content (AvgIpc) is 2.59. The summed E-state index contributed by atoms with van der Waals surface area (Å²) in [6.45, 7) is 16.9. The standard InChI is InChI=1S/C17H34N2/c1-13(2)18-14-7-8-19(11-14)15-9-16(3,4)12-17(5,6)10-15/h13-15,18H,7-12H2,1-6H3. The van der Waals surface area contributed by atoms with E-state index in [4.69, 9.17) is 0 Å². The zero-order chi connectivity index (χ0) is 14.3. The second-order valence-corrected chi connectivity index (χ2v) is 8.87. The molecule has 2 rings (SSSR count). The molecule has 1 aliphatic carbocycles. The first kappa shape index (κ1) is 15.3. The first-order valence-corrected chi connectivity index (χ1v) is 8.17. The maximum Gasteiger partial charge on any atom is 0.0209 e. The van der Waals surface area contributed by atoms with Crippen LogP contribution in [0.1, 0.15) is 67.2 Å². The molecule has 0 aromatic heterocycles. The van der Waals surface area contributed by atoms with Crippen molar-refractivity contribution in [1.82, 2.24) is 10.2 Å². The number of nitrogens with zero attached hydrogens (tertiary/aromatic N) is 1. The summed E-state index contributed by atoms with van der Waals surface area (Å²) in [6.07, 6.45) is 5.46. The van der Waals surface area contributed by atoms with Gasteiger partial charge in [-0.15, -0.1) is 0 Å². The summed E-state index contributed by atoms with van der Waals surface area (Å²) >= 11 is 0. The fraction of sp³-hybridized carbons (Fsp3) is 1.00. The summed E-state index contributed by atoms with van der Waals surface area (Å²) in [7, 11) is 0. The maximum atomic E-state index is 3.71. The Labute approximate surface area is 120 Å². The van der Waals surface area contributed by atoms with Gasteiger partial charge < -0.3 is 5.32 Å². The summed E-state index contributed by atoms with van der Waals surface area (Å²) in [5, 5.41) is 3.71. The Morgan fingerprint density at radius 2 is 1.63 bits per heavy atom. The molecule has 1 atom stereocenters. The van der Waals surface area contributed by atoms with Crippen molar-refractivity contribution in [3.05, 3.63) is 0 Å². The lowest BCUT2D eigenvalue weighted by atomic mass is 9.63. The second-order valence-electron chi connectivity index (χ2n) is 8.87. The Hall–Kier alpha value is -0.0800. The van der Waals surface area contributed by atoms with Gasteiger partial charge in [-0.25, -0.2) is 0 Å². The van der Waals surface area contributed by atoms with Crippen molar-refractivity contribution in [2.45, 2.75) is 85.4 Å². The van der Waals surface area contributed by atoms with Crippen LogP contribution in [-0.4, -0.2) is 36.1 Å². The van der Waals surface area contributed by atoms with Crippen LogP contribution in [0, 0.1) is 10.8 Å². The van der Waals surface area contributed by atoms with Crippen molar-refractivity contribution in [1.29, 1.82) is 0 Å². The molecule has 2 fully saturated rings. The minimum absolute atomic E-state index is 0.510. The maximum absolute atomic E-state index is 3.71. The van der Waals surface area contributed by atoms with Crippen molar-refractivity contribution in [3.8, 4) is 0 Å². The van der Waals surface area contributed by atoms with Gasteiger partial charge in [-0.2, -0.15) is 0 Å². The Bertz CT molecular complexity index is 290. The lowest BCUT2D eigenvalue weighted by molar-refractivity contribution is 0.0336. The third-order valence-corrected chi connectivity index (χ3v) is 4.84. The molecule has 0 spiro atoms. The van der Waals surface area contributed by atoms with Gasteiger partial charge >= 0.3 is 0 Å². The average molecular weight is 266 g/mol. The van der Waals surface area contributed by atoms with Crippen molar-refractivity contribution < 1.29 is 0 Å². The van der Waals surface area contributed by atoms with E-state index in [2.05, 4.69) is 51.8 Å². The fourth-order valence-corrected chi connectivity index (χ4v) is 4.77. The van der Waals surface area contributed by atoms with Gasteiger partial charge in [-0.05, 0) is 36.5 Å². The van der Waals surface area contributed by atoms with Crippen LogP contribution in [0.4, 0.5) is 0 Å². The van der Waals surface area contributed by atoms with E-state index in [0.717, 1.165) is 6.04 Å². The normalized spacial score (nSPS) is 32.1. The molecular formula is C17H34N2. The van der Waals surface area contributed by atoms with E-state index in [1.807, 2.05) is 0 Å². The molecule has 0 amide bonds. The molecule has 1 aliphatic heterocycles. The number of nitrogens with one attached hydrogen (secondary N) is 1. The molecule has 1 N–H and O–H groups in total. The quantitative estimate of drug-likeness (QED) is 0.838. The van der Waals surface area contributed by atoms with E-state index >= 15 is 0 Å². The van der Waals surface area contributed by atoms with Crippen molar-refractivity contribution in [2.75, 3.05) is 13.1 Å². The highest BCUT2D eigenvalue weighted by Gasteiger charge is 2.41. The molecule has 1 heterocycles. The van der Waals surface area contributed by atoms with Gasteiger partial charge in [0.2, 0.25) is 0 Å². The van der Waals surface area contributed by atoms with Crippen LogP contribution in [0.3, 0.4) is 0 Å². The third kappa shape index (κ3) is 4.19. The zero-order valence-corrected chi connectivity index (χ0v) is 13.9. The third-order valence-electron chi connectivity index (χ3n) is 4.84. The number of hydrogen-bond donors (Lipinski definition) is 1. The van der Waals surface area contributed by atoms with Gasteiger partial charge in [-0.3, -0.25) is 4.90 Å². The smallest absolute Gasteiger partial charge is 0.0209 e. The number of hydrogen-bond acceptors (Lipinski definition) is 2. The molecule has 1 saturated heterocycles. The van der Waals surface area contributed by atoms with Gasteiger partial charge in [0.1, 0.15) is 0 Å². The SMILES string of the molecule is CC(C)NC1CCN(C2CC(C)(C)CC(C)(C)C2)C1. The van der Waals surface area contributed by atoms with Crippen LogP contribution in [0.2, 0.25) is 0 Å². The first-order chi connectivity index (χ1) is 8.67. The summed E-state index contributed by atoms with van der Waals surface area (Å²) in [4.78, 5) is 2.77. The molecule has 0 aromatic rings. The van der Waals surface area contributed by atoms with Gasteiger partial charge in [0.15, 0.2) is 0 Å². The number of rotatable bonds is 3. The zero-order valence-electron chi connectivity index (χ0n) is 13.9. The Balaban J connectivity index is 1.95. The highest BCUT2D eigenvalue weighted by atomic mass is 15.2. The largest absolute Gasteiger partial charge is 0.310 e. The Morgan fingerprint density at radius 3 is 2.16 bits per heavy atom. The van der Waals surface area contributed by atoms with Gasteiger partial charge in [0.05, 0.1) is 0 Å². The molecule has 1 saturated carbocycles. The van der Waals surface area contributed by atoms with E-state index in [-0.39, 0.29) is 0 Å².